The van der Waals surface area contributed by atoms with E-state index in [0.717, 1.165) is 77.1 Å². The Labute approximate surface area is 292 Å². The standard InChI is InChI=1S/C19H30N2OS.C12H14O2S.C7H16N2/c1-5-15(21-11-9-14(10-12-21)20(3)4)19-13(2)18-16(22)7-6-8-17(18)23-19;1-3-8(13)12-7(2)11-9(14)5-4-6-10(11)15-12;1-9(2)7-3-5-8-6-4-7/h14-15H,5-12H2,1-4H3;3-6H2,1-2H3;7-8H,3-6H2,1-2H3. The first-order valence-electron chi connectivity index (χ1n) is 18.1. The van der Waals surface area contributed by atoms with E-state index in [1.807, 2.05) is 25.2 Å². The Morgan fingerprint density at radius 3 is 1.74 bits per heavy atom. The van der Waals surface area contributed by atoms with Crippen LogP contribution in [-0.4, -0.2) is 98.5 Å². The van der Waals surface area contributed by atoms with Crippen molar-refractivity contribution in [1.82, 2.24) is 20.0 Å². The molecule has 2 fully saturated rings. The molecule has 6 rings (SSSR count). The van der Waals surface area contributed by atoms with Gasteiger partial charge in [0, 0.05) is 76.2 Å². The normalized spacial score (nSPS) is 19.9. The van der Waals surface area contributed by atoms with Crippen molar-refractivity contribution in [2.45, 2.75) is 123 Å². The summed E-state index contributed by atoms with van der Waals surface area (Å²) in [6.45, 7) is 13.0. The van der Waals surface area contributed by atoms with E-state index >= 15 is 0 Å². The van der Waals surface area contributed by atoms with Crippen LogP contribution in [-0.2, 0) is 12.8 Å². The number of nitrogens with one attached hydrogen (secondary N) is 1. The zero-order chi connectivity index (χ0) is 34.2. The van der Waals surface area contributed by atoms with Crippen molar-refractivity contribution < 1.29 is 14.4 Å². The predicted octanol–water partition coefficient (Wildman–Crippen LogP) is 7.52. The third-order valence-electron chi connectivity index (χ3n) is 10.6. The molecule has 1 N–H and O–H groups in total. The van der Waals surface area contributed by atoms with Gasteiger partial charge in [-0.3, -0.25) is 19.3 Å². The van der Waals surface area contributed by atoms with Gasteiger partial charge in [0.05, 0.1) is 4.88 Å². The molecule has 2 saturated heterocycles. The highest BCUT2D eigenvalue weighted by atomic mass is 32.1. The molecule has 0 aromatic carbocycles. The Morgan fingerprint density at radius 2 is 1.30 bits per heavy atom. The molecule has 0 bridgehead atoms. The van der Waals surface area contributed by atoms with Crippen molar-refractivity contribution in [3.63, 3.8) is 0 Å². The van der Waals surface area contributed by atoms with Gasteiger partial charge in [0.25, 0.3) is 0 Å². The van der Waals surface area contributed by atoms with Crippen molar-refractivity contribution >= 4 is 40.0 Å². The topological polar surface area (TPSA) is 73.0 Å². The number of hydrogen-bond donors (Lipinski definition) is 1. The molecule has 4 aliphatic rings. The average molecular weight is 685 g/mol. The van der Waals surface area contributed by atoms with E-state index in [0.29, 0.717) is 24.7 Å². The Balaban J connectivity index is 0.000000178. The Kier molecular flexibility index (Phi) is 14.4. The highest BCUT2D eigenvalue weighted by Gasteiger charge is 2.32. The summed E-state index contributed by atoms with van der Waals surface area (Å²) in [6.07, 6.45) is 12.2. The van der Waals surface area contributed by atoms with E-state index in [-0.39, 0.29) is 11.6 Å². The largest absolute Gasteiger partial charge is 0.317 e. The van der Waals surface area contributed by atoms with Crippen LogP contribution in [0.1, 0.15) is 140 Å². The summed E-state index contributed by atoms with van der Waals surface area (Å²) in [7, 11) is 8.72. The van der Waals surface area contributed by atoms with Crippen molar-refractivity contribution in [2.24, 2.45) is 0 Å². The molecule has 0 saturated carbocycles. The van der Waals surface area contributed by atoms with E-state index < -0.39 is 0 Å². The van der Waals surface area contributed by atoms with E-state index in [2.05, 4.69) is 62.1 Å². The Morgan fingerprint density at radius 1 is 0.787 bits per heavy atom. The average Bonchev–Trinajstić information content (AvgIpc) is 3.60. The lowest BCUT2D eigenvalue weighted by molar-refractivity contribution is 0.0963. The lowest BCUT2D eigenvalue weighted by atomic mass is 9.92. The fraction of sp³-hybridized carbons (Fsp3) is 0.711. The molecule has 1 unspecified atom stereocenters. The van der Waals surface area contributed by atoms with Gasteiger partial charge in [0.15, 0.2) is 17.3 Å². The maximum absolute atomic E-state index is 12.3. The monoisotopic (exact) mass is 684 g/mol. The number of thiophene rings is 2. The number of hydrogen-bond acceptors (Lipinski definition) is 9. The second kappa shape index (κ2) is 17.8. The number of fused-ring (bicyclic) bond motifs is 2. The summed E-state index contributed by atoms with van der Waals surface area (Å²) in [6, 6.07) is 2.05. The summed E-state index contributed by atoms with van der Waals surface area (Å²) in [4.78, 5) is 47.8. The SMILES string of the molecule is CCC(=O)c1sc2c(c1C)C(=O)CCC2.CCC(c1sc2c(c1C)C(=O)CCC2)N1CCC(N(C)C)CC1.CN(C)C1CCNCC1. The van der Waals surface area contributed by atoms with E-state index in [1.165, 1.54) is 78.5 Å². The fourth-order valence-electron chi connectivity index (χ4n) is 7.71. The van der Waals surface area contributed by atoms with Gasteiger partial charge in [-0.1, -0.05) is 13.8 Å². The minimum absolute atomic E-state index is 0.166. The first kappa shape index (κ1) is 38.1. The number of Topliss-reactive ketones (excluding diaryl/α,β-unsaturated/α-hetero) is 3. The van der Waals surface area contributed by atoms with Gasteiger partial charge < -0.3 is 15.1 Å². The second-order valence-corrected chi connectivity index (χ2v) is 16.4. The zero-order valence-corrected chi connectivity index (χ0v) is 32.1. The molecule has 262 valence electrons. The van der Waals surface area contributed by atoms with E-state index in [9.17, 15) is 14.4 Å². The van der Waals surface area contributed by atoms with Crippen LogP contribution in [0, 0.1) is 13.8 Å². The third-order valence-corrected chi connectivity index (χ3v) is 13.5. The molecule has 2 aromatic heterocycles. The lowest BCUT2D eigenvalue weighted by Crippen LogP contribution is -2.43. The molecule has 0 radical (unpaired) electrons. The first-order valence-corrected chi connectivity index (χ1v) is 19.7. The van der Waals surface area contributed by atoms with Crippen LogP contribution in [0.25, 0.3) is 0 Å². The summed E-state index contributed by atoms with van der Waals surface area (Å²) in [5.41, 5.74) is 4.14. The van der Waals surface area contributed by atoms with Gasteiger partial charge in [-0.15, -0.1) is 22.7 Å². The quantitative estimate of drug-likeness (QED) is 0.303. The molecule has 2 aromatic rings. The highest BCUT2D eigenvalue weighted by molar-refractivity contribution is 7.14. The fourth-order valence-corrected chi connectivity index (χ4v) is 10.7. The van der Waals surface area contributed by atoms with Crippen LogP contribution < -0.4 is 5.32 Å². The number of carbonyl (C=O) groups is 3. The summed E-state index contributed by atoms with van der Waals surface area (Å²) >= 11 is 3.45. The summed E-state index contributed by atoms with van der Waals surface area (Å²) in [5.74, 6) is 0.771. The Hall–Kier alpha value is -1.75. The number of nitrogens with zero attached hydrogens (tertiary/aromatic N) is 3. The molecule has 4 heterocycles. The Bertz CT molecular complexity index is 1360. The summed E-state index contributed by atoms with van der Waals surface area (Å²) < 4.78 is 0. The number of piperidine rings is 2. The van der Waals surface area contributed by atoms with Gasteiger partial charge in [0.2, 0.25) is 0 Å². The molecule has 9 heteroatoms. The molecule has 2 aliphatic heterocycles. The van der Waals surface area contributed by atoms with Crippen molar-refractivity contribution in [3.05, 3.63) is 41.8 Å². The van der Waals surface area contributed by atoms with Crippen LogP contribution in [0.3, 0.4) is 0 Å². The number of carbonyl (C=O) groups excluding carboxylic acids is 3. The molecule has 47 heavy (non-hydrogen) atoms. The number of likely N-dealkylation sites (tertiary alicyclic amines) is 1. The van der Waals surface area contributed by atoms with Crippen LogP contribution in [0.2, 0.25) is 0 Å². The van der Waals surface area contributed by atoms with Crippen molar-refractivity contribution in [1.29, 1.82) is 0 Å². The van der Waals surface area contributed by atoms with Gasteiger partial charge in [0.1, 0.15) is 0 Å². The molecular weight excluding hydrogens is 625 g/mol. The van der Waals surface area contributed by atoms with Crippen LogP contribution in [0.15, 0.2) is 0 Å². The smallest absolute Gasteiger partial charge is 0.172 e. The first-order chi connectivity index (χ1) is 22.5. The predicted molar refractivity (Wildman–Crippen MR) is 198 cm³/mol. The molecular formula is C38H60N4O3S2. The number of ketones is 3. The number of aryl methyl sites for hydroxylation is 2. The van der Waals surface area contributed by atoms with E-state index in [1.54, 1.807) is 0 Å². The van der Waals surface area contributed by atoms with Gasteiger partial charge in [-0.2, -0.15) is 0 Å². The molecule has 0 amide bonds. The third kappa shape index (κ3) is 9.28. The minimum atomic E-state index is 0.166. The van der Waals surface area contributed by atoms with E-state index in [4.69, 9.17) is 0 Å². The van der Waals surface area contributed by atoms with Crippen LogP contribution in [0.5, 0.6) is 0 Å². The van der Waals surface area contributed by atoms with Crippen LogP contribution >= 0.6 is 22.7 Å². The molecule has 0 spiro atoms. The minimum Gasteiger partial charge on any atom is -0.317 e. The summed E-state index contributed by atoms with van der Waals surface area (Å²) in [5, 5.41) is 3.34. The van der Waals surface area contributed by atoms with Crippen LogP contribution in [0.4, 0.5) is 0 Å². The van der Waals surface area contributed by atoms with Gasteiger partial charge in [-0.05, 0) is 124 Å². The zero-order valence-electron chi connectivity index (χ0n) is 30.4. The maximum Gasteiger partial charge on any atom is 0.172 e. The lowest BCUT2D eigenvalue weighted by Gasteiger charge is -2.39. The molecule has 2 aliphatic carbocycles. The second-order valence-electron chi connectivity index (χ2n) is 14.2. The van der Waals surface area contributed by atoms with Crippen molar-refractivity contribution in [3.8, 4) is 0 Å². The van der Waals surface area contributed by atoms with Gasteiger partial charge >= 0.3 is 0 Å². The van der Waals surface area contributed by atoms with Gasteiger partial charge in [-0.25, -0.2) is 0 Å². The number of rotatable bonds is 7. The maximum atomic E-state index is 12.3. The molecule has 7 nitrogen and oxygen atoms in total. The van der Waals surface area contributed by atoms with Crippen molar-refractivity contribution in [2.75, 3.05) is 54.4 Å². The molecule has 1 atom stereocenters. The highest BCUT2D eigenvalue weighted by Crippen LogP contribution is 2.41.